The molecule has 0 saturated carbocycles. The molecule has 0 aliphatic heterocycles. The van der Waals surface area contributed by atoms with Crippen LogP contribution in [0.1, 0.15) is 6.92 Å². The van der Waals surface area contributed by atoms with Gasteiger partial charge in [0.1, 0.15) is 10.9 Å². The molecule has 0 bridgehead atoms. The van der Waals surface area contributed by atoms with Crippen LogP contribution in [-0.2, 0) is 14.8 Å². The van der Waals surface area contributed by atoms with Gasteiger partial charge < -0.3 is 16.8 Å². The molecule has 7 nitrogen and oxygen atoms in total. The van der Waals surface area contributed by atoms with Crippen molar-refractivity contribution in [2.45, 2.75) is 17.9 Å². The Bertz CT molecular complexity index is 556. The van der Waals surface area contributed by atoms with Gasteiger partial charge in [0.15, 0.2) is 0 Å². The van der Waals surface area contributed by atoms with Crippen LogP contribution in [0.25, 0.3) is 0 Å². The number of carbonyl (C=O) groups is 1. The summed E-state index contributed by atoms with van der Waals surface area (Å²) in [6.07, 6.45) is 0. The first-order valence-corrected chi connectivity index (χ1v) is 6.65. The van der Waals surface area contributed by atoms with E-state index in [9.17, 15) is 13.2 Å². The van der Waals surface area contributed by atoms with Crippen molar-refractivity contribution in [2.75, 3.05) is 18.1 Å². The molecule has 0 radical (unpaired) electrons. The summed E-state index contributed by atoms with van der Waals surface area (Å²) in [5.74, 6) is -0.513. The highest BCUT2D eigenvalue weighted by Gasteiger charge is 2.16. The summed E-state index contributed by atoms with van der Waals surface area (Å²) in [5, 5.41) is 2.81. The number of nitrogens with two attached hydrogens (primary N) is 2. The van der Waals surface area contributed by atoms with E-state index in [-0.39, 0.29) is 10.6 Å². The predicted molar refractivity (Wildman–Crippen MR) is 69.4 cm³/mol. The summed E-state index contributed by atoms with van der Waals surface area (Å²) in [6, 6.07) is 3.73. The van der Waals surface area contributed by atoms with Crippen molar-refractivity contribution in [1.29, 1.82) is 0 Å². The van der Waals surface area contributed by atoms with E-state index in [1.807, 2.05) is 0 Å². The highest BCUT2D eigenvalue weighted by molar-refractivity contribution is 7.89. The van der Waals surface area contributed by atoms with E-state index in [1.54, 1.807) is 6.92 Å². The molecule has 1 rings (SSSR count). The molecule has 0 heterocycles. The lowest BCUT2D eigenvalue weighted by Gasteiger charge is -2.13. The molecule has 100 valence electrons. The van der Waals surface area contributed by atoms with Crippen LogP contribution in [0.4, 0.5) is 11.4 Å². The molecule has 0 spiro atoms. The topological polar surface area (TPSA) is 127 Å². The second kappa shape index (κ2) is 5.23. The average molecular weight is 272 g/mol. The Morgan fingerprint density at radius 2 is 2.00 bits per heavy atom. The fourth-order valence-electron chi connectivity index (χ4n) is 1.31. The van der Waals surface area contributed by atoms with Crippen LogP contribution in [0.15, 0.2) is 23.1 Å². The van der Waals surface area contributed by atoms with Crippen molar-refractivity contribution in [2.24, 2.45) is 5.73 Å². The van der Waals surface area contributed by atoms with Gasteiger partial charge in [0.2, 0.25) is 15.9 Å². The second-order valence-electron chi connectivity index (χ2n) is 3.73. The molecule has 8 heteroatoms. The maximum Gasteiger partial charge on any atom is 0.242 e. The first-order chi connectivity index (χ1) is 8.27. The van der Waals surface area contributed by atoms with Gasteiger partial charge in [-0.2, -0.15) is 0 Å². The van der Waals surface area contributed by atoms with Crippen LogP contribution in [0.5, 0.6) is 0 Å². The smallest absolute Gasteiger partial charge is 0.242 e. The zero-order valence-electron chi connectivity index (χ0n) is 10.1. The Morgan fingerprint density at radius 3 is 2.44 bits per heavy atom. The summed E-state index contributed by atoms with van der Waals surface area (Å²) in [4.78, 5) is 10.9. The van der Waals surface area contributed by atoms with Crippen LogP contribution >= 0.6 is 0 Å². The SMILES string of the molecule is CNS(=O)(=O)c1ccc(NC(C)C(N)=O)cc1N. The molecular weight excluding hydrogens is 256 g/mol. The summed E-state index contributed by atoms with van der Waals surface area (Å²) in [7, 11) is -2.28. The molecule has 1 unspecified atom stereocenters. The van der Waals surface area contributed by atoms with E-state index in [4.69, 9.17) is 11.5 Å². The van der Waals surface area contributed by atoms with Gasteiger partial charge in [-0.05, 0) is 32.2 Å². The quantitative estimate of drug-likeness (QED) is 0.535. The van der Waals surface area contributed by atoms with E-state index in [0.29, 0.717) is 5.69 Å². The van der Waals surface area contributed by atoms with Crippen LogP contribution in [0.3, 0.4) is 0 Å². The first kappa shape index (κ1) is 14.3. The van der Waals surface area contributed by atoms with Gasteiger partial charge in [-0.25, -0.2) is 13.1 Å². The summed E-state index contributed by atoms with van der Waals surface area (Å²) >= 11 is 0. The minimum atomic E-state index is -3.58. The third kappa shape index (κ3) is 3.11. The van der Waals surface area contributed by atoms with E-state index in [2.05, 4.69) is 10.0 Å². The van der Waals surface area contributed by atoms with Gasteiger partial charge in [0.05, 0.1) is 5.69 Å². The third-order valence-corrected chi connectivity index (χ3v) is 3.87. The van der Waals surface area contributed by atoms with E-state index >= 15 is 0 Å². The highest BCUT2D eigenvalue weighted by Crippen LogP contribution is 2.22. The van der Waals surface area contributed by atoms with Gasteiger partial charge in [-0.1, -0.05) is 0 Å². The van der Waals surface area contributed by atoms with Crippen LogP contribution in [0, 0.1) is 0 Å². The van der Waals surface area contributed by atoms with Crippen LogP contribution in [0.2, 0.25) is 0 Å². The van der Waals surface area contributed by atoms with Crippen molar-refractivity contribution in [3.8, 4) is 0 Å². The van der Waals surface area contributed by atoms with E-state index in [0.717, 1.165) is 0 Å². The number of hydrogen-bond acceptors (Lipinski definition) is 5. The number of hydrogen-bond donors (Lipinski definition) is 4. The van der Waals surface area contributed by atoms with Crippen molar-refractivity contribution >= 4 is 27.3 Å². The molecule has 0 aliphatic carbocycles. The molecule has 6 N–H and O–H groups in total. The Balaban J connectivity index is 3.04. The maximum atomic E-state index is 11.6. The van der Waals surface area contributed by atoms with Crippen molar-refractivity contribution in [3.63, 3.8) is 0 Å². The van der Waals surface area contributed by atoms with Gasteiger partial charge in [0.25, 0.3) is 0 Å². The fourth-order valence-corrected chi connectivity index (χ4v) is 2.15. The zero-order valence-corrected chi connectivity index (χ0v) is 10.9. The lowest BCUT2D eigenvalue weighted by atomic mass is 10.2. The average Bonchev–Trinajstić information content (AvgIpc) is 2.28. The molecule has 0 fully saturated rings. The van der Waals surface area contributed by atoms with E-state index in [1.165, 1.54) is 25.2 Å². The molecule has 0 saturated heterocycles. The number of rotatable bonds is 5. The molecular formula is C10H16N4O3S. The standard InChI is InChI=1S/C10H16N4O3S/c1-6(10(12)15)14-7-3-4-9(8(11)5-7)18(16,17)13-2/h3-6,13-14H,11H2,1-2H3,(H2,12,15). The summed E-state index contributed by atoms with van der Waals surface area (Å²) in [5.41, 5.74) is 11.4. The number of anilines is 2. The number of carbonyl (C=O) groups excluding carboxylic acids is 1. The molecule has 1 amide bonds. The van der Waals surface area contributed by atoms with Gasteiger partial charge in [-0.3, -0.25) is 4.79 Å². The highest BCUT2D eigenvalue weighted by atomic mass is 32.2. The fraction of sp³-hybridized carbons (Fsp3) is 0.300. The van der Waals surface area contributed by atoms with Gasteiger partial charge in [-0.15, -0.1) is 0 Å². The number of nitrogen functional groups attached to an aromatic ring is 1. The first-order valence-electron chi connectivity index (χ1n) is 5.17. The summed E-state index contributed by atoms with van der Waals surface area (Å²) < 4.78 is 25.3. The zero-order chi connectivity index (χ0) is 13.9. The number of sulfonamides is 1. The predicted octanol–water partition coefficient (Wildman–Crippen LogP) is -0.537. The minimum Gasteiger partial charge on any atom is -0.398 e. The van der Waals surface area contributed by atoms with Crippen LogP contribution in [-0.4, -0.2) is 27.4 Å². The second-order valence-corrected chi connectivity index (χ2v) is 5.58. The normalized spacial score (nSPS) is 13.0. The molecule has 1 aromatic rings. The maximum absolute atomic E-state index is 11.6. The number of benzene rings is 1. The van der Waals surface area contributed by atoms with Gasteiger partial charge in [0, 0.05) is 5.69 Å². The van der Waals surface area contributed by atoms with Crippen molar-refractivity contribution in [1.82, 2.24) is 4.72 Å². The van der Waals surface area contributed by atoms with Crippen molar-refractivity contribution < 1.29 is 13.2 Å². The Morgan fingerprint density at radius 1 is 1.39 bits per heavy atom. The lowest BCUT2D eigenvalue weighted by molar-refractivity contribution is -0.118. The molecule has 0 aliphatic rings. The Hall–Kier alpha value is -1.80. The third-order valence-electron chi connectivity index (χ3n) is 2.38. The van der Waals surface area contributed by atoms with Crippen LogP contribution < -0.4 is 21.5 Å². The van der Waals surface area contributed by atoms with Crippen molar-refractivity contribution in [3.05, 3.63) is 18.2 Å². The molecule has 18 heavy (non-hydrogen) atoms. The number of amides is 1. The molecule has 0 aromatic heterocycles. The largest absolute Gasteiger partial charge is 0.398 e. The Kier molecular flexibility index (Phi) is 4.15. The number of nitrogens with one attached hydrogen (secondary N) is 2. The Labute approximate surface area is 106 Å². The summed E-state index contributed by atoms with van der Waals surface area (Å²) in [6.45, 7) is 1.59. The number of primary amides is 1. The molecule has 1 atom stereocenters. The van der Waals surface area contributed by atoms with E-state index < -0.39 is 22.0 Å². The molecule has 1 aromatic carbocycles. The monoisotopic (exact) mass is 272 g/mol. The van der Waals surface area contributed by atoms with Gasteiger partial charge >= 0.3 is 0 Å². The minimum absolute atomic E-state index is 0.0118. The lowest BCUT2D eigenvalue weighted by Crippen LogP contribution is -2.32.